The van der Waals surface area contributed by atoms with Gasteiger partial charge in [-0.1, -0.05) is 268 Å². The van der Waals surface area contributed by atoms with Crippen LogP contribution in [0.3, 0.4) is 0 Å². The summed E-state index contributed by atoms with van der Waals surface area (Å²) in [7, 11) is 0. The second kappa shape index (κ2) is 58.9. The molecular weight excluding hydrogens is 865 g/mol. The van der Waals surface area contributed by atoms with Crippen molar-refractivity contribution in [3.63, 3.8) is 0 Å². The largest absolute Gasteiger partial charge is 0.462 e. The number of hydrogen-bond donors (Lipinski definition) is 0. The lowest BCUT2D eigenvalue weighted by Gasteiger charge is -2.18. The molecule has 70 heavy (non-hydrogen) atoms. The Morgan fingerprint density at radius 1 is 0.286 bits per heavy atom. The number of unbranched alkanes of at least 4 members (excludes halogenated alkanes) is 37. The minimum atomic E-state index is -0.770. The molecule has 1 atom stereocenters. The van der Waals surface area contributed by atoms with E-state index in [0.717, 1.165) is 70.6 Å². The van der Waals surface area contributed by atoms with Crippen molar-refractivity contribution in [3.05, 3.63) is 48.6 Å². The molecule has 0 amide bonds. The number of esters is 3. The molecule has 0 aromatic rings. The zero-order valence-corrected chi connectivity index (χ0v) is 46.8. The van der Waals surface area contributed by atoms with Crippen LogP contribution in [0.4, 0.5) is 0 Å². The highest BCUT2D eigenvalue weighted by Crippen LogP contribution is 2.16. The first-order valence-electron chi connectivity index (χ1n) is 30.6. The van der Waals surface area contributed by atoms with Crippen molar-refractivity contribution in [1.29, 1.82) is 0 Å². The Balaban J connectivity index is 4.08. The average molecular weight is 982 g/mol. The third kappa shape index (κ3) is 56.3. The van der Waals surface area contributed by atoms with E-state index in [1.54, 1.807) is 0 Å². The Morgan fingerprint density at radius 3 is 0.814 bits per heavy atom. The number of carbonyl (C=O) groups is 3. The lowest BCUT2D eigenvalue weighted by molar-refractivity contribution is -0.167. The normalized spacial score (nSPS) is 12.3. The SMILES string of the molecule is CCCCCCC/C=C\C/C=C\C/C=C\CCCCCCCCCCCCCCC(=O)OCC(COC(=O)CCCCCCCC)OC(=O)CCCCCCCCCCC/C=C\CCCCCCCC. The molecule has 0 fully saturated rings. The quantitative estimate of drug-likeness (QED) is 0.0261. The van der Waals surface area contributed by atoms with Crippen molar-refractivity contribution in [3.8, 4) is 0 Å². The van der Waals surface area contributed by atoms with Crippen LogP contribution < -0.4 is 0 Å². The molecular formula is C64H116O6. The van der Waals surface area contributed by atoms with Crippen LogP contribution in [0.1, 0.15) is 323 Å². The number of hydrogen-bond acceptors (Lipinski definition) is 6. The number of rotatable bonds is 56. The molecule has 0 aromatic carbocycles. The summed E-state index contributed by atoms with van der Waals surface area (Å²) in [5.74, 6) is -0.871. The van der Waals surface area contributed by atoms with E-state index in [1.165, 1.54) is 212 Å². The lowest BCUT2D eigenvalue weighted by Crippen LogP contribution is -2.30. The molecule has 1 unspecified atom stereocenters. The van der Waals surface area contributed by atoms with Gasteiger partial charge in [-0.15, -0.1) is 0 Å². The third-order valence-corrected chi connectivity index (χ3v) is 13.6. The Morgan fingerprint density at radius 2 is 0.514 bits per heavy atom. The van der Waals surface area contributed by atoms with E-state index in [9.17, 15) is 14.4 Å². The maximum absolute atomic E-state index is 12.8. The van der Waals surface area contributed by atoms with Crippen LogP contribution >= 0.6 is 0 Å². The number of ether oxygens (including phenoxy) is 3. The van der Waals surface area contributed by atoms with Crippen molar-refractivity contribution >= 4 is 17.9 Å². The van der Waals surface area contributed by atoms with E-state index in [4.69, 9.17) is 14.2 Å². The van der Waals surface area contributed by atoms with Crippen molar-refractivity contribution in [2.45, 2.75) is 329 Å². The van der Waals surface area contributed by atoms with E-state index >= 15 is 0 Å². The maximum Gasteiger partial charge on any atom is 0.306 e. The lowest BCUT2D eigenvalue weighted by atomic mass is 10.0. The molecule has 0 aliphatic heterocycles. The Hall–Kier alpha value is -2.63. The summed E-state index contributed by atoms with van der Waals surface area (Å²) in [4.78, 5) is 37.9. The standard InChI is InChI=1S/C64H116O6/c1-4-7-10-13-16-18-20-22-24-26-28-29-30-31-32-33-34-35-37-38-40-42-44-46-48-51-54-57-63(66)69-60-61(59-68-62(65)56-53-50-15-12-9-6-3)70-64(67)58-55-52-49-47-45-43-41-39-36-27-25-23-21-19-17-14-11-8-5-2/h20,22-23,25-26,28,30-31,61H,4-19,21,24,27,29,32-60H2,1-3H3/b22-20-,25-23-,28-26-,31-30-. The molecule has 0 aliphatic rings. The van der Waals surface area contributed by atoms with E-state index in [-0.39, 0.29) is 31.1 Å². The Kier molecular flexibility index (Phi) is 56.7. The molecule has 0 rings (SSSR count). The molecule has 0 saturated carbocycles. The first-order valence-corrected chi connectivity index (χ1v) is 30.6. The van der Waals surface area contributed by atoms with Gasteiger partial charge in [0, 0.05) is 19.3 Å². The number of carbonyl (C=O) groups excluding carboxylic acids is 3. The Labute approximate surface area is 435 Å². The molecule has 0 radical (unpaired) electrons. The highest BCUT2D eigenvalue weighted by molar-refractivity contribution is 5.71. The van der Waals surface area contributed by atoms with Gasteiger partial charge < -0.3 is 14.2 Å². The molecule has 0 aliphatic carbocycles. The van der Waals surface area contributed by atoms with Crippen molar-refractivity contribution in [2.24, 2.45) is 0 Å². The summed E-state index contributed by atoms with van der Waals surface area (Å²) >= 11 is 0. The van der Waals surface area contributed by atoms with Crippen LogP contribution in [0.15, 0.2) is 48.6 Å². The monoisotopic (exact) mass is 981 g/mol. The molecule has 0 saturated heterocycles. The minimum absolute atomic E-state index is 0.0724. The van der Waals surface area contributed by atoms with Gasteiger partial charge in [0.2, 0.25) is 0 Å². The zero-order chi connectivity index (χ0) is 50.7. The summed E-state index contributed by atoms with van der Waals surface area (Å²) in [6, 6.07) is 0. The summed E-state index contributed by atoms with van der Waals surface area (Å²) in [6.45, 7) is 6.60. The summed E-state index contributed by atoms with van der Waals surface area (Å²) in [5, 5.41) is 0. The zero-order valence-electron chi connectivity index (χ0n) is 46.8. The summed E-state index contributed by atoms with van der Waals surface area (Å²) in [6.07, 6.45) is 72.9. The number of allylic oxidation sites excluding steroid dienone is 8. The van der Waals surface area contributed by atoms with Gasteiger partial charge in [-0.25, -0.2) is 0 Å². The van der Waals surface area contributed by atoms with Crippen LogP contribution in [-0.4, -0.2) is 37.2 Å². The van der Waals surface area contributed by atoms with E-state index in [2.05, 4.69) is 69.4 Å². The van der Waals surface area contributed by atoms with Crippen molar-refractivity contribution in [2.75, 3.05) is 13.2 Å². The van der Waals surface area contributed by atoms with E-state index in [0.29, 0.717) is 19.3 Å². The fraction of sp³-hybridized carbons (Fsp3) is 0.828. The predicted octanol–water partition coefficient (Wildman–Crippen LogP) is 20.6. The van der Waals surface area contributed by atoms with Crippen LogP contribution in [0.5, 0.6) is 0 Å². The molecule has 0 bridgehead atoms. The molecule has 408 valence electrons. The van der Waals surface area contributed by atoms with E-state index in [1.807, 2.05) is 0 Å². The van der Waals surface area contributed by atoms with Gasteiger partial charge in [0.15, 0.2) is 6.10 Å². The van der Waals surface area contributed by atoms with E-state index < -0.39 is 6.10 Å². The highest BCUT2D eigenvalue weighted by Gasteiger charge is 2.19. The molecule has 0 heterocycles. The van der Waals surface area contributed by atoms with Gasteiger partial charge in [-0.05, 0) is 83.5 Å². The molecule has 6 nitrogen and oxygen atoms in total. The van der Waals surface area contributed by atoms with Crippen molar-refractivity contribution < 1.29 is 28.6 Å². The average Bonchev–Trinajstić information content (AvgIpc) is 3.36. The predicted molar refractivity (Wildman–Crippen MR) is 302 cm³/mol. The van der Waals surface area contributed by atoms with Gasteiger partial charge in [0.1, 0.15) is 13.2 Å². The Bertz CT molecular complexity index is 1220. The van der Waals surface area contributed by atoms with Crippen LogP contribution in [0, 0.1) is 0 Å². The van der Waals surface area contributed by atoms with Crippen LogP contribution in [0.2, 0.25) is 0 Å². The van der Waals surface area contributed by atoms with Gasteiger partial charge in [-0.3, -0.25) is 14.4 Å². The second-order valence-electron chi connectivity index (χ2n) is 20.6. The molecule has 6 heteroatoms. The highest BCUT2D eigenvalue weighted by atomic mass is 16.6. The second-order valence-corrected chi connectivity index (χ2v) is 20.6. The summed E-state index contributed by atoms with van der Waals surface area (Å²) in [5.41, 5.74) is 0. The summed E-state index contributed by atoms with van der Waals surface area (Å²) < 4.78 is 16.8. The smallest absolute Gasteiger partial charge is 0.306 e. The van der Waals surface area contributed by atoms with Gasteiger partial charge >= 0.3 is 17.9 Å². The van der Waals surface area contributed by atoms with Crippen molar-refractivity contribution in [1.82, 2.24) is 0 Å². The fourth-order valence-electron chi connectivity index (χ4n) is 8.92. The fourth-order valence-corrected chi connectivity index (χ4v) is 8.92. The van der Waals surface area contributed by atoms with Gasteiger partial charge in [0.05, 0.1) is 0 Å². The van der Waals surface area contributed by atoms with Gasteiger partial charge in [0.25, 0.3) is 0 Å². The molecule has 0 N–H and O–H groups in total. The topological polar surface area (TPSA) is 78.9 Å². The minimum Gasteiger partial charge on any atom is -0.462 e. The maximum atomic E-state index is 12.8. The first-order chi connectivity index (χ1) is 34.5. The van der Waals surface area contributed by atoms with Crippen LogP contribution in [-0.2, 0) is 28.6 Å². The van der Waals surface area contributed by atoms with Gasteiger partial charge in [-0.2, -0.15) is 0 Å². The first kappa shape index (κ1) is 67.4. The third-order valence-electron chi connectivity index (χ3n) is 13.6. The molecule has 0 spiro atoms. The van der Waals surface area contributed by atoms with Crippen LogP contribution in [0.25, 0.3) is 0 Å². The molecule has 0 aromatic heterocycles.